The van der Waals surface area contributed by atoms with Gasteiger partial charge in [0, 0.05) is 22.9 Å². The van der Waals surface area contributed by atoms with Crippen molar-refractivity contribution in [1.29, 1.82) is 0 Å². The van der Waals surface area contributed by atoms with Gasteiger partial charge in [-0.05, 0) is 52.0 Å². The Morgan fingerprint density at radius 2 is 1.83 bits per heavy atom. The first-order valence-electron chi connectivity index (χ1n) is 7.62. The number of rotatable bonds is 5. The third-order valence-corrected chi connectivity index (χ3v) is 2.98. The van der Waals surface area contributed by atoms with Crippen LogP contribution in [0.1, 0.15) is 36.9 Å². The van der Waals surface area contributed by atoms with Crippen molar-refractivity contribution in [2.75, 3.05) is 17.2 Å². The van der Waals surface area contributed by atoms with Crippen molar-refractivity contribution < 1.29 is 14.1 Å². The van der Waals surface area contributed by atoms with Crippen LogP contribution in [0.15, 0.2) is 34.9 Å². The Hall–Kier alpha value is -2.83. The molecule has 2 amide bonds. The Kier molecular flexibility index (Phi) is 5.23. The number of carbonyl (C=O) groups excluding carboxylic acids is 2. The molecule has 2 rings (SSSR count). The molecule has 0 aliphatic heterocycles. The van der Waals surface area contributed by atoms with Gasteiger partial charge in [-0.3, -0.25) is 9.59 Å². The van der Waals surface area contributed by atoms with Gasteiger partial charge in [-0.2, -0.15) is 0 Å². The Labute approximate surface area is 140 Å². The topological polar surface area (TPSA) is 96.3 Å². The lowest BCUT2D eigenvalue weighted by molar-refractivity contribution is -0.114. The van der Waals surface area contributed by atoms with Gasteiger partial charge in [-0.1, -0.05) is 5.16 Å². The predicted molar refractivity (Wildman–Crippen MR) is 92.0 cm³/mol. The second-order valence-electron chi connectivity index (χ2n) is 6.51. The molecule has 0 bridgehead atoms. The van der Waals surface area contributed by atoms with Crippen LogP contribution in [0.3, 0.4) is 0 Å². The van der Waals surface area contributed by atoms with E-state index < -0.39 is 0 Å². The van der Waals surface area contributed by atoms with E-state index >= 15 is 0 Å². The quantitative estimate of drug-likeness (QED) is 0.783. The number of aryl methyl sites for hydroxylation is 1. The van der Waals surface area contributed by atoms with Crippen LogP contribution in [0.5, 0.6) is 0 Å². The number of anilines is 2. The van der Waals surface area contributed by atoms with Crippen molar-refractivity contribution in [2.24, 2.45) is 0 Å². The van der Waals surface area contributed by atoms with Crippen LogP contribution in [-0.4, -0.2) is 29.1 Å². The largest absolute Gasteiger partial charge is 0.376 e. The summed E-state index contributed by atoms with van der Waals surface area (Å²) < 4.78 is 4.88. The minimum absolute atomic E-state index is 0.0828. The first-order chi connectivity index (χ1) is 11.2. The molecule has 7 heteroatoms. The molecule has 24 heavy (non-hydrogen) atoms. The van der Waals surface area contributed by atoms with Crippen LogP contribution in [0.4, 0.5) is 11.5 Å². The molecule has 3 N–H and O–H groups in total. The summed E-state index contributed by atoms with van der Waals surface area (Å²) in [6.45, 7) is 7.61. The molecule has 0 spiro atoms. The average molecular weight is 330 g/mol. The standard InChI is InChI=1S/C17H22N4O3/c1-11-9-14(21-24-11)19-15(22)10-18-13-7-5-12(6-8-13)16(23)20-17(2,3)4/h5-9,18H,10H2,1-4H3,(H,20,23)(H,19,21,22). The minimum Gasteiger partial charge on any atom is -0.376 e. The number of nitrogens with zero attached hydrogens (tertiary/aromatic N) is 1. The monoisotopic (exact) mass is 330 g/mol. The van der Waals surface area contributed by atoms with E-state index in [1.165, 1.54) is 0 Å². The van der Waals surface area contributed by atoms with Crippen molar-refractivity contribution in [3.8, 4) is 0 Å². The molecule has 0 aliphatic rings. The van der Waals surface area contributed by atoms with E-state index in [9.17, 15) is 9.59 Å². The molecule has 0 atom stereocenters. The summed E-state index contributed by atoms with van der Waals surface area (Å²) in [5.74, 6) is 0.641. The summed E-state index contributed by atoms with van der Waals surface area (Å²) in [7, 11) is 0. The molecule has 0 saturated heterocycles. The smallest absolute Gasteiger partial charge is 0.251 e. The lowest BCUT2D eigenvalue weighted by Gasteiger charge is -2.20. The Bertz CT molecular complexity index is 714. The third-order valence-electron chi connectivity index (χ3n) is 2.98. The van der Waals surface area contributed by atoms with E-state index in [1.807, 2.05) is 20.8 Å². The zero-order valence-electron chi connectivity index (χ0n) is 14.3. The van der Waals surface area contributed by atoms with E-state index in [1.54, 1.807) is 37.3 Å². The molecule has 2 aromatic rings. The summed E-state index contributed by atoms with van der Waals surface area (Å²) in [6.07, 6.45) is 0. The molecule has 0 unspecified atom stereocenters. The molecule has 1 aromatic carbocycles. The predicted octanol–water partition coefficient (Wildman–Crippen LogP) is 2.56. The summed E-state index contributed by atoms with van der Waals surface area (Å²) in [6, 6.07) is 8.57. The molecular weight excluding hydrogens is 308 g/mol. The van der Waals surface area contributed by atoms with Crippen LogP contribution in [-0.2, 0) is 4.79 Å². The van der Waals surface area contributed by atoms with Crippen LogP contribution in [0.25, 0.3) is 0 Å². The molecule has 1 heterocycles. The van der Waals surface area contributed by atoms with Gasteiger partial charge in [0.15, 0.2) is 5.82 Å². The van der Waals surface area contributed by atoms with Crippen molar-refractivity contribution in [1.82, 2.24) is 10.5 Å². The van der Waals surface area contributed by atoms with Gasteiger partial charge < -0.3 is 20.5 Å². The van der Waals surface area contributed by atoms with Gasteiger partial charge in [0.1, 0.15) is 5.76 Å². The maximum Gasteiger partial charge on any atom is 0.251 e. The number of hydrogen-bond donors (Lipinski definition) is 3. The first kappa shape index (κ1) is 17.5. The summed E-state index contributed by atoms with van der Waals surface area (Å²) in [5, 5.41) is 12.2. The van der Waals surface area contributed by atoms with Crippen molar-refractivity contribution >= 4 is 23.3 Å². The Morgan fingerprint density at radius 3 is 2.38 bits per heavy atom. The second-order valence-corrected chi connectivity index (χ2v) is 6.51. The highest BCUT2D eigenvalue weighted by atomic mass is 16.5. The number of aromatic nitrogens is 1. The molecule has 7 nitrogen and oxygen atoms in total. The fraction of sp³-hybridized carbons (Fsp3) is 0.353. The molecule has 1 aromatic heterocycles. The van der Waals surface area contributed by atoms with Crippen molar-refractivity contribution in [3.05, 3.63) is 41.7 Å². The van der Waals surface area contributed by atoms with Gasteiger partial charge in [0.25, 0.3) is 5.91 Å². The van der Waals surface area contributed by atoms with Crippen LogP contribution in [0.2, 0.25) is 0 Å². The SMILES string of the molecule is Cc1cc(NC(=O)CNc2ccc(C(=O)NC(C)(C)C)cc2)no1. The van der Waals surface area contributed by atoms with E-state index in [4.69, 9.17) is 4.52 Å². The lowest BCUT2D eigenvalue weighted by atomic mass is 10.1. The average Bonchev–Trinajstić information content (AvgIpc) is 2.89. The number of nitrogens with one attached hydrogen (secondary N) is 3. The minimum atomic E-state index is -0.286. The van der Waals surface area contributed by atoms with Crippen LogP contribution in [0, 0.1) is 6.92 Å². The summed E-state index contributed by atoms with van der Waals surface area (Å²) >= 11 is 0. The maximum absolute atomic E-state index is 12.0. The van der Waals surface area contributed by atoms with Gasteiger partial charge in [-0.25, -0.2) is 0 Å². The molecule has 0 fully saturated rings. The first-order valence-corrected chi connectivity index (χ1v) is 7.62. The number of amides is 2. The van der Waals surface area contributed by atoms with Gasteiger partial charge in [0.05, 0.1) is 6.54 Å². The number of hydrogen-bond acceptors (Lipinski definition) is 5. The van der Waals surface area contributed by atoms with E-state index in [0.29, 0.717) is 17.1 Å². The molecule has 0 aliphatic carbocycles. The van der Waals surface area contributed by atoms with E-state index in [0.717, 1.165) is 5.69 Å². The summed E-state index contributed by atoms with van der Waals surface area (Å²) in [5.41, 5.74) is 1.03. The second kappa shape index (κ2) is 7.16. The van der Waals surface area contributed by atoms with Gasteiger partial charge >= 0.3 is 0 Å². The zero-order valence-corrected chi connectivity index (χ0v) is 14.3. The maximum atomic E-state index is 12.0. The zero-order chi connectivity index (χ0) is 17.7. The van der Waals surface area contributed by atoms with Gasteiger partial charge in [0.2, 0.25) is 5.91 Å². The lowest BCUT2D eigenvalue weighted by Crippen LogP contribution is -2.40. The fourth-order valence-electron chi connectivity index (χ4n) is 1.95. The molecule has 128 valence electrons. The molecule has 0 radical (unpaired) electrons. The fourth-order valence-corrected chi connectivity index (χ4v) is 1.95. The van der Waals surface area contributed by atoms with Crippen molar-refractivity contribution in [3.63, 3.8) is 0 Å². The van der Waals surface area contributed by atoms with Gasteiger partial charge in [-0.15, -0.1) is 0 Å². The number of benzene rings is 1. The highest BCUT2D eigenvalue weighted by Gasteiger charge is 2.15. The van der Waals surface area contributed by atoms with E-state index in [-0.39, 0.29) is 23.9 Å². The van der Waals surface area contributed by atoms with Crippen LogP contribution >= 0.6 is 0 Å². The Morgan fingerprint density at radius 1 is 1.17 bits per heavy atom. The highest BCUT2D eigenvalue weighted by Crippen LogP contribution is 2.11. The molecular formula is C17H22N4O3. The Balaban J connectivity index is 1.85. The third kappa shape index (κ3) is 5.42. The molecule has 0 saturated carbocycles. The van der Waals surface area contributed by atoms with Crippen LogP contribution < -0.4 is 16.0 Å². The number of carbonyl (C=O) groups is 2. The van der Waals surface area contributed by atoms with E-state index in [2.05, 4.69) is 21.1 Å². The normalized spacial score (nSPS) is 11.0. The summed E-state index contributed by atoms with van der Waals surface area (Å²) in [4.78, 5) is 23.8. The highest BCUT2D eigenvalue weighted by molar-refractivity contribution is 5.95. The van der Waals surface area contributed by atoms with Crippen molar-refractivity contribution in [2.45, 2.75) is 33.2 Å².